The van der Waals surface area contributed by atoms with E-state index in [1.54, 1.807) is 0 Å². The van der Waals surface area contributed by atoms with Crippen LogP contribution < -0.4 is 0 Å². The van der Waals surface area contributed by atoms with Gasteiger partial charge in [0.25, 0.3) is 0 Å². The molecule has 3 heteroatoms. The molecule has 0 aromatic heterocycles. The Morgan fingerprint density at radius 2 is 2.50 bits per heavy atom. The van der Waals surface area contributed by atoms with Crippen molar-refractivity contribution in [2.24, 2.45) is 5.16 Å². The minimum absolute atomic E-state index is 0.245. The summed E-state index contributed by atoms with van der Waals surface area (Å²) in [4.78, 5) is 0. The summed E-state index contributed by atoms with van der Waals surface area (Å²) in [6.07, 6.45) is 0.595. The monoisotopic (exact) mass is 107 g/mol. The Morgan fingerprint density at radius 3 is 2.50 bits per heavy atom. The molecular formula is C3H6ClNO. The topological polar surface area (TPSA) is 32.6 Å². The van der Waals surface area contributed by atoms with Crippen molar-refractivity contribution in [2.45, 2.75) is 13.3 Å². The highest BCUT2D eigenvalue weighted by atomic mass is 35.5. The number of halogens is 1. The first-order chi connectivity index (χ1) is 2.81. The van der Waals surface area contributed by atoms with Crippen molar-refractivity contribution < 1.29 is 5.21 Å². The van der Waals surface area contributed by atoms with Gasteiger partial charge in [0.15, 0.2) is 0 Å². The summed E-state index contributed by atoms with van der Waals surface area (Å²) in [6, 6.07) is 0. The largest absolute Gasteiger partial charge is 0.410 e. The lowest BCUT2D eigenvalue weighted by Gasteiger charge is -1.78. The standard InChI is InChI=1S/C3H6ClNO/c1-2-3(4)5-6/h6H,2H2,1H3/b5-3+. The van der Waals surface area contributed by atoms with Crippen LogP contribution >= 0.6 is 11.6 Å². The molecule has 0 aliphatic carbocycles. The average molecular weight is 108 g/mol. The SMILES string of the molecule is CC/C(Cl)=N\O. The normalized spacial score (nSPS) is 12.0. The van der Waals surface area contributed by atoms with E-state index in [9.17, 15) is 0 Å². The van der Waals surface area contributed by atoms with E-state index < -0.39 is 0 Å². The summed E-state index contributed by atoms with van der Waals surface area (Å²) in [5.41, 5.74) is 0. The Kier molecular flexibility index (Phi) is 2.85. The van der Waals surface area contributed by atoms with Gasteiger partial charge in [0, 0.05) is 6.42 Å². The lowest BCUT2D eigenvalue weighted by Crippen LogP contribution is -1.78. The molecule has 0 aromatic carbocycles. The van der Waals surface area contributed by atoms with Crippen LogP contribution in [0.4, 0.5) is 0 Å². The van der Waals surface area contributed by atoms with Crippen LogP contribution in [0.2, 0.25) is 0 Å². The zero-order chi connectivity index (χ0) is 4.99. The number of hydrogen-bond donors (Lipinski definition) is 1. The van der Waals surface area contributed by atoms with Crippen LogP contribution in [0.25, 0.3) is 0 Å². The molecule has 0 heterocycles. The third-order valence-electron chi connectivity index (χ3n) is 0.400. The third-order valence-corrected chi connectivity index (χ3v) is 0.743. The first kappa shape index (κ1) is 5.76. The van der Waals surface area contributed by atoms with E-state index in [0.717, 1.165) is 0 Å². The second kappa shape index (κ2) is 2.97. The van der Waals surface area contributed by atoms with E-state index in [-0.39, 0.29) is 5.17 Å². The predicted molar refractivity (Wildman–Crippen MR) is 25.4 cm³/mol. The molecule has 0 radical (unpaired) electrons. The molecule has 1 N–H and O–H groups in total. The van der Waals surface area contributed by atoms with Crippen LogP contribution in [0.1, 0.15) is 13.3 Å². The fraction of sp³-hybridized carbons (Fsp3) is 0.667. The molecule has 0 spiro atoms. The molecule has 0 aliphatic heterocycles. The molecule has 6 heavy (non-hydrogen) atoms. The Morgan fingerprint density at radius 1 is 2.00 bits per heavy atom. The van der Waals surface area contributed by atoms with E-state index in [2.05, 4.69) is 5.16 Å². The van der Waals surface area contributed by atoms with Gasteiger partial charge < -0.3 is 5.21 Å². The van der Waals surface area contributed by atoms with E-state index in [1.807, 2.05) is 6.92 Å². The second-order valence-corrected chi connectivity index (χ2v) is 1.27. The van der Waals surface area contributed by atoms with Crippen LogP contribution in [-0.4, -0.2) is 10.4 Å². The summed E-state index contributed by atoms with van der Waals surface area (Å²) in [7, 11) is 0. The maximum Gasteiger partial charge on any atom is 0.145 e. The summed E-state index contributed by atoms with van der Waals surface area (Å²) in [6.45, 7) is 1.81. The van der Waals surface area contributed by atoms with Crippen LogP contribution in [0.3, 0.4) is 0 Å². The highest BCUT2D eigenvalue weighted by Gasteiger charge is 1.81. The van der Waals surface area contributed by atoms with Gasteiger partial charge in [-0.25, -0.2) is 0 Å². The van der Waals surface area contributed by atoms with Crippen molar-refractivity contribution in [1.29, 1.82) is 0 Å². The van der Waals surface area contributed by atoms with Crippen molar-refractivity contribution in [3.05, 3.63) is 0 Å². The number of nitrogens with zero attached hydrogens (tertiary/aromatic N) is 1. The summed E-state index contributed by atoms with van der Waals surface area (Å²) < 4.78 is 0. The van der Waals surface area contributed by atoms with E-state index >= 15 is 0 Å². The minimum Gasteiger partial charge on any atom is -0.410 e. The molecule has 0 unspecified atom stereocenters. The first-order valence-corrected chi connectivity index (χ1v) is 2.05. The Balaban J connectivity index is 3.22. The van der Waals surface area contributed by atoms with Crippen LogP contribution in [0.5, 0.6) is 0 Å². The second-order valence-electron chi connectivity index (χ2n) is 0.830. The lowest BCUT2D eigenvalue weighted by molar-refractivity contribution is 0.319. The van der Waals surface area contributed by atoms with Crippen LogP contribution in [0, 0.1) is 0 Å². The number of oxime groups is 1. The third kappa shape index (κ3) is 2.03. The molecule has 0 aliphatic rings. The molecular weight excluding hydrogens is 101 g/mol. The smallest absolute Gasteiger partial charge is 0.145 e. The summed E-state index contributed by atoms with van der Waals surface area (Å²) in [5.74, 6) is 0. The molecule has 0 rings (SSSR count). The Labute approximate surface area is 41.4 Å². The maximum absolute atomic E-state index is 7.79. The van der Waals surface area contributed by atoms with Gasteiger partial charge in [-0.05, 0) is 0 Å². The van der Waals surface area contributed by atoms with Crippen molar-refractivity contribution in [3.8, 4) is 0 Å². The van der Waals surface area contributed by atoms with Gasteiger partial charge in [-0.2, -0.15) is 0 Å². The fourth-order valence-electron chi connectivity index (χ4n) is 0.0707. The number of rotatable bonds is 1. The van der Waals surface area contributed by atoms with Crippen molar-refractivity contribution in [3.63, 3.8) is 0 Å². The van der Waals surface area contributed by atoms with Gasteiger partial charge in [0.1, 0.15) is 5.17 Å². The van der Waals surface area contributed by atoms with E-state index in [1.165, 1.54) is 0 Å². The van der Waals surface area contributed by atoms with Crippen LogP contribution in [0.15, 0.2) is 5.16 Å². The van der Waals surface area contributed by atoms with E-state index in [0.29, 0.717) is 6.42 Å². The lowest BCUT2D eigenvalue weighted by atomic mass is 10.5. The zero-order valence-corrected chi connectivity index (χ0v) is 4.24. The molecule has 0 atom stereocenters. The van der Waals surface area contributed by atoms with Crippen molar-refractivity contribution >= 4 is 16.8 Å². The van der Waals surface area contributed by atoms with Gasteiger partial charge in [0.05, 0.1) is 0 Å². The fourth-order valence-corrected chi connectivity index (χ4v) is 0.0707. The first-order valence-electron chi connectivity index (χ1n) is 1.67. The maximum atomic E-state index is 7.79. The molecule has 36 valence electrons. The Hall–Kier alpha value is -0.240. The van der Waals surface area contributed by atoms with Crippen molar-refractivity contribution in [2.75, 3.05) is 0 Å². The quantitative estimate of drug-likeness (QED) is 0.307. The van der Waals surface area contributed by atoms with Gasteiger partial charge in [0.2, 0.25) is 0 Å². The molecule has 0 aromatic rings. The summed E-state index contributed by atoms with van der Waals surface area (Å²) in [5, 5.41) is 10.7. The van der Waals surface area contributed by atoms with Gasteiger partial charge in [-0.1, -0.05) is 23.7 Å². The highest BCUT2D eigenvalue weighted by Crippen LogP contribution is 1.87. The molecule has 0 amide bonds. The van der Waals surface area contributed by atoms with Crippen LogP contribution in [-0.2, 0) is 0 Å². The summed E-state index contributed by atoms with van der Waals surface area (Å²) >= 11 is 5.15. The van der Waals surface area contributed by atoms with E-state index in [4.69, 9.17) is 16.8 Å². The van der Waals surface area contributed by atoms with Gasteiger partial charge >= 0.3 is 0 Å². The number of hydrogen-bond acceptors (Lipinski definition) is 2. The molecule has 0 bridgehead atoms. The highest BCUT2D eigenvalue weighted by molar-refractivity contribution is 6.65. The molecule has 0 saturated carbocycles. The van der Waals surface area contributed by atoms with Crippen molar-refractivity contribution in [1.82, 2.24) is 0 Å². The van der Waals surface area contributed by atoms with Gasteiger partial charge in [-0.3, -0.25) is 0 Å². The minimum atomic E-state index is 0.245. The molecule has 2 nitrogen and oxygen atoms in total. The molecule has 0 saturated heterocycles. The molecule has 0 fully saturated rings. The zero-order valence-electron chi connectivity index (χ0n) is 3.48. The average Bonchev–Trinajstić information content (AvgIpc) is 1.65. The van der Waals surface area contributed by atoms with Gasteiger partial charge in [-0.15, -0.1) is 0 Å². The predicted octanol–water partition coefficient (Wildman–Crippen LogP) is 1.42. The Bertz CT molecular complexity index is 61.8.